The highest BCUT2D eigenvalue weighted by Gasteiger charge is 2.42. The fourth-order valence-electron chi connectivity index (χ4n) is 2.79. The van der Waals surface area contributed by atoms with E-state index in [0.717, 1.165) is 23.5 Å². The molecule has 0 aliphatic heterocycles. The predicted octanol–water partition coefficient (Wildman–Crippen LogP) is 1.35. The van der Waals surface area contributed by atoms with Crippen LogP contribution in [0.2, 0.25) is 0 Å². The van der Waals surface area contributed by atoms with Crippen LogP contribution in [0, 0.1) is 13.8 Å². The van der Waals surface area contributed by atoms with Gasteiger partial charge in [0.2, 0.25) is 0 Å². The van der Waals surface area contributed by atoms with Gasteiger partial charge in [0.15, 0.2) is 0 Å². The molecule has 1 saturated carbocycles. The zero-order valence-corrected chi connectivity index (χ0v) is 12.8. The average molecular weight is 291 g/mol. The van der Waals surface area contributed by atoms with Gasteiger partial charge in [0.1, 0.15) is 18.2 Å². The second kappa shape index (κ2) is 5.57. The highest BCUT2D eigenvalue weighted by Crippen LogP contribution is 2.31. The van der Waals surface area contributed by atoms with Gasteiger partial charge < -0.3 is 14.8 Å². The molecule has 1 aliphatic carbocycles. The van der Waals surface area contributed by atoms with Crippen LogP contribution in [0.5, 0.6) is 0 Å². The minimum atomic E-state index is 0.0522. The van der Waals surface area contributed by atoms with E-state index in [4.69, 9.17) is 9.47 Å². The maximum Gasteiger partial charge on any atom is 0.254 e. The van der Waals surface area contributed by atoms with Crippen molar-refractivity contribution in [3.05, 3.63) is 17.6 Å². The Morgan fingerprint density at radius 2 is 2.24 bits per heavy atom. The molecule has 0 bridgehead atoms. The number of nitrogens with zero attached hydrogens (tertiary/aromatic N) is 4. The molecule has 0 unspecified atom stereocenters. The van der Waals surface area contributed by atoms with Crippen molar-refractivity contribution in [3.63, 3.8) is 0 Å². The maximum atomic E-state index is 5.66. The molecule has 114 valence electrons. The lowest BCUT2D eigenvalue weighted by molar-refractivity contribution is -0.118. The van der Waals surface area contributed by atoms with E-state index >= 15 is 0 Å². The lowest BCUT2D eigenvalue weighted by Gasteiger charge is -2.43. The number of methoxy groups -OCH3 is 1. The van der Waals surface area contributed by atoms with E-state index in [2.05, 4.69) is 20.4 Å². The molecule has 3 atom stereocenters. The first kappa shape index (κ1) is 14.2. The second-order valence-corrected chi connectivity index (χ2v) is 5.32. The largest absolute Gasteiger partial charge is 0.377 e. The van der Waals surface area contributed by atoms with Crippen molar-refractivity contribution in [1.82, 2.24) is 19.6 Å². The molecular formula is C14H21N5O2. The van der Waals surface area contributed by atoms with Gasteiger partial charge in [-0.3, -0.25) is 0 Å². The molecule has 1 aliphatic rings. The minimum absolute atomic E-state index is 0.0522. The van der Waals surface area contributed by atoms with Gasteiger partial charge in [-0.2, -0.15) is 14.6 Å². The van der Waals surface area contributed by atoms with Crippen molar-refractivity contribution in [2.75, 3.05) is 19.0 Å². The number of fused-ring (bicyclic) bond motifs is 1. The van der Waals surface area contributed by atoms with Gasteiger partial charge in [-0.15, -0.1) is 0 Å². The Labute approximate surface area is 123 Å². The Morgan fingerprint density at radius 1 is 1.43 bits per heavy atom. The summed E-state index contributed by atoms with van der Waals surface area (Å²) < 4.78 is 13.0. The van der Waals surface area contributed by atoms with Crippen LogP contribution in [0.4, 0.5) is 5.82 Å². The Balaban J connectivity index is 1.85. The van der Waals surface area contributed by atoms with Gasteiger partial charge in [0.25, 0.3) is 5.78 Å². The number of hydrogen-bond acceptors (Lipinski definition) is 6. The monoisotopic (exact) mass is 291 g/mol. The molecule has 21 heavy (non-hydrogen) atoms. The summed E-state index contributed by atoms with van der Waals surface area (Å²) in [5.41, 5.74) is 2.02. The molecule has 2 heterocycles. The Morgan fingerprint density at radius 3 is 2.95 bits per heavy atom. The first-order valence-corrected chi connectivity index (χ1v) is 7.23. The van der Waals surface area contributed by atoms with E-state index in [1.54, 1.807) is 11.6 Å². The number of aryl methyl sites for hydroxylation is 1. The third-order valence-corrected chi connectivity index (χ3v) is 4.13. The van der Waals surface area contributed by atoms with Crippen molar-refractivity contribution in [2.45, 2.75) is 45.4 Å². The fourth-order valence-corrected chi connectivity index (χ4v) is 2.79. The van der Waals surface area contributed by atoms with Crippen LogP contribution in [-0.4, -0.2) is 51.5 Å². The third-order valence-electron chi connectivity index (χ3n) is 4.13. The Hall–Kier alpha value is -1.73. The molecule has 7 nitrogen and oxygen atoms in total. The average Bonchev–Trinajstić information content (AvgIpc) is 2.89. The summed E-state index contributed by atoms with van der Waals surface area (Å²) in [5, 5.41) is 7.77. The van der Waals surface area contributed by atoms with Gasteiger partial charge in [-0.05, 0) is 27.2 Å². The number of nitrogens with one attached hydrogen (secondary N) is 1. The van der Waals surface area contributed by atoms with Crippen molar-refractivity contribution in [3.8, 4) is 0 Å². The number of rotatable bonds is 5. The van der Waals surface area contributed by atoms with Crippen LogP contribution in [0.15, 0.2) is 6.33 Å². The molecule has 2 aromatic heterocycles. The summed E-state index contributed by atoms with van der Waals surface area (Å²) in [6.45, 7) is 6.72. The molecule has 1 fully saturated rings. The van der Waals surface area contributed by atoms with Gasteiger partial charge in [0.05, 0.1) is 12.1 Å². The van der Waals surface area contributed by atoms with Crippen molar-refractivity contribution in [1.29, 1.82) is 0 Å². The van der Waals surface area contributed by atoms with Crippen LogP contribution >= 0.6 is 0 Å². The highest BCUT2D eigenvalue weighted by molar-refractivity contribution is 5.53. The van der Waals surface area contributed by atoms with Gasteiger partial charge >= 0.3 is 0 Å². The maximum absolute atomic E-state index is 5.66. The zero-order valence-electron chi connectivity index (χ0n) is 12.8. The first-order chi connectivity index (χ1) is 10.2. The topological polar surface area (TPSA) is 73.6 Å². The summed E-state index contributed by atoms with van der Waals surface area (Å²) in [4.78, 5) is 8.58. The molecule has 0 radical (unpaired) electrons. The van der Waals surface area contributed by atoms with Gasteiger partial charge in [-0.25, -0.2) is 4.98 Å². The lowest BCUT2D eigenvalue weighted by Crippen LogP contribution is -2.57. The first-order valence-electron chi connectivity index (χ1n) is 7.23. The highest BCUT2D eigenvalue weighted by atomic mass is 16.5. The van der Waals surface area contributed by atoms with Crippen LogP contribution in [0.25, 0.3) is 5.78 Å². The SMILES string of the molecule is CCO[C@@H]1C[C@@H](Nc2c(C)c(C)nc3ncnn23)[C@H]1OC. The second-order valence-electron chi connectivity index (χ2n) is 5.32. The van der Waals surface area contributed by atoms with Crippen molar-refractivity contribution < 1.29 is 9.47 Å². The van der Waals surface area contributed by atoms with E-state index < -0.39 is 0 Å². The zero-order chi connectivity index (χ0) is 15.0. The van der Waals surface area contributed by atoms with Crippen LogP contribution < -0.4 is 5.32 Å². The summed E-state index contributed by atoms with van der Waals surface area (Å²) in [7, 11) is 1.72. The molecule has 0 aromatic carbocycles. The van der Waals surface area contributed by atoms with E-state index in [1.165, 1.54) is 6.33 Å². The summed E-state index contributed by atoms with van der Waals surface area (Å²) in [5.74, 6) is 1.53. The van der Waals surface area contributed by atoms with Crippen LogP contribution in [-0.2, 0) is 9.47 Å². The molecule has 1 N–H and O–H groups in total. The number of hydrogen-bond donors (Lipinski definition) is 1. The molecule has 0 saturated heterocycles. The van der Waals surface area contributed by atoms with Crippen LogP contribution in [0.3, 0.4) is 0 Å². The number of anilines is 1. The Bertz CT molecular complexity index is 642. The minimum Gasteiger partial charge on any atom is -0.377 e. The van der Waals surface area contributed by atoms with E-state index in [9.17, 15) is 0 Å². The van der Waals surface area contributed by atoms with Gasteiger partial charge in [0, 0.05) is 25.0 Å². The van der Waals surface area contributed by atoms with E-state index in [0.29, 0.717) is 12.4 Å². The summed E-state index contributed by atoms with van der Waals surface area (Å²) >= 11 is 0. The molecule has 7 heteroatoms. The molecule has 0 amide bonds. The quantitative estimate of drug-likeness (QED) is 0.896. The fraction of sp³-hybridized carbons (Fsp3) is 0.643. The summed E-state index contributed by atoms with van der Waals surface area (Å²) in [6, 6.07) is 0.208. The van der Waals surface area contributed by atoms with Crippen molar-refractivity contribution >= 4 is 11.6 Å². The van der Waals surface area contributed by atoms with E-state index in [1.807, 2.05) is 20.8 Å². The van der Waals surface area contributed by atoms with Gasteiger partial charge in [-0.1, -0.05) is 0 Å². The standard InChI is InChI=1S/C14H21N5O2/c1-5-21-11-6-10(12(11)20-4)18-13-8(2)9(3)17-14-15-7-16-19(13)14/h7,10-12,18H,5-6H2,1-4H3/t10-,11-,12-/m1/s1. The van der Waals surface area contributed by atoms with E-state index in [-0.39, 0.29) is 18.2 Å². The molecule has 2 aromatic rings. The molecular weight excluding hydrogens is 270 g/mol. The third kappa shape index (κ3) is 2.36. The smallest absolute Gasteiger partial charge is 0.254 e. The van der Waals surface area contributed by atoms with Crippen molar-refractivity contribution in [2.24, 2.45) is 0 Å². The molecule has 3 rings (SSSR count). The summed E-state index contributed by atoms with van der Waals surface area (Å²) in [6.07, 6.45) is 2.65. The lowest BCUT2D eigenvalue weighted by atomic mass is 9.85. The van der Waals surface area contributed by atoms with Crippen LogP contribution in [0.1, 0.15) is 24.6 Å². The number of aromatic nitrogens is 4. The normalized spacial score (nSPS) is 25.0. The predicted molar refractivity (Wildman–Crippen MR) is 78.5 cm³/mol. The Kier molecular flexibility index (Phi) is 3.77. The number of ether oxygens (including phenoxy) is 2. The molecule has 0 spiro atoms.